The number of azide groups is 1. The predicted molar refractivity (Wildman–Crippen MR) is 59.3 cm³/mol. The summed E-state index contributed by atoms with van der Waals surface area (Å²) in [4.78, 5) is 15.9. The Morgan fingerprint density at radius 2 is 2.05 bits per heavy atom. The molecular weight excluding hydrogens is 303 g/mol. The Balaban J connectivity index is 3.97. The molecule has 0 radical (unpaired) electrons. The molecule has 21 heavy (non-hydrogen) atoms. The van der Waals surface area contributed by atoms with E-state index in [-0.39, 0.29) is 6.42 Å². The van der Waals surface area contributed by atoms with Gasteiger partial charge in [0, 0.05) is 4.91 Å². The number of hydrogen-bond donors (Lipinski definition) is 1. The summed E-state index contributed by atoms with van der Waals surface area (Å²) >= 11 is 0. The van der Waals surface area contributed by atoms with Gasteiger partial charge in [-0.3, -0.25) is 0 Å². The van der Waals surface area contributed by atoms with Crippen LogP contribution >= 0.6 is 0 Å². The maximum atomic E-state index is 12.8. The highest BCUT2D eigenvalue weighted by molar-refractivity contribution is 5.92. The number of aromatic carboxylic acids is 1. The summed E-state index contributed by atoms with van der Waals surface area (Å²) in [5.74, 6) is -1.88. The van der Waals surface area contributed by atoms with Crippen LogP contribution in [0.3, 0.4) is 0 Å². The Morgan fingerprint density at radius 1 is 1.48 bits per heavy atom. The third-order valence-corrected chi connectivity index (χ3v) is 2.49. The smallest absolute Gasteiger partial charge is 0.433 e. The molecule has 0 aliphatic heterocycles. The van der Waals surface area contributed by atoms with Crippen LogP contribution in [-0.4, -0.2) is 16.1 Å². The van der Waals surface area contributed by atoms with Crippen LogP contribution in [0.2, 0.25) is 0 Å². The first-order valence-electron chi connectivity index (χ1n) is 5.35. The highest BCUT2D eigenvalue weighted by atomic mass is 19.4. The molecule has 0 aliphatic carbocycles. The predicted octanol–water partition coefficient (Wildman–Crippen LogP) is 4.24. The van der Waals surface area contributed by atoms with Gasteiger partial charge in [0.1, 0.15) is 5.69 Å². The summed E-state index contributed by atoms with van der Waals surface area (Å²) in [6, 6.07) is 0. The van der Waals surface area contributed by atoms with Crippen molar-refractivity contribution in [3.05, 3.63) is 33.0 Å². The molecule has 1 rings (SSSR count). The first-order chi connectivity index (χ1) is 9.65. The molecule has 0 spiro atoms. The SMILES string of the molecule is CCc1c(N=[N+]=[N-])c(C(F)(F)F)nc(C(F)F)c1C(=O)O. The average molecular weight is 310 g/mol. The van der Waals surface area contributed by atoms with Crippen LogP contribution in [0.5, 0.6) is 0 Å². The van der Waals surface area contributed by atoms with Crippen LogP contribution in [0.25, 0.3) is 10.4 Å². The van der Waals surface area contributed by atoms with E-state index in [0.717, 1.165) is 0 Å². The molecule has 1 N–H and O–H groups in total. The molecule has 0 fully saturated rings. The molecule has 0 atom stereocenters. The standard InChI is InChI=1S/C10H7F5N4O2/c1-2-3-4(9(20)21)6(8(11)12)17-7(10(13,14)15)5(3)18-19-16/h8H,2H2,1H3,(H,20,21). The lowest BCUT2D eigenvalue weighted by molar-refractivity contribution is -0.140. The van der Waals surface area contributed by atoms with Gasteiger partial charge in [-0.2, -0.15) is 13.2 Å². The number of carboxylic acids is 1. The van der Waals surface area contributed by atoms with Gasteiger partial charge in [0.05, 0.1) is 11.3 Å². The lowest BCUT2D eigenvalue weighted by Gasteiger charge is -2.17. The van der Waals surface area contributed by atoms with Crippen LogP contribution in [0.1, 0.15) is 40.7 Å². The minimum absolute atomic E-state index is 0.360. The lowest BCUT2D eigenvalue weighted by atomic mass is 10.00. The first kappa shape index (κ1) is 16.6. The Morgan fingerprint density at radius 3 is 2.38 bits per heavy atom. The van der Waals surface area contributed by atoms with E-state index >= 15 is 0 Å². The van der Waals surface area contributed by atoms with Crippen molar-refractivity contribution in [1.82, 2.24) is 4.98 Å². The number of nitrogens with zero attached hydrogens (tertiary/aromatic N) is 4. The van der Waals surface area contributed by atoms with E-state index in [9.17, 15) is 26.7 Å². The van der Waals surface area contributed by atoms with Crippen molar-refractivity contribution >= 4 is 11.7 Å². The fourth-order valence-corrected chi connectivity index (χ4v) is 1.74. The summed E-state index contributed by atoms with van der Waals surface area (Å²) in [7, 11) is 0. The van der Waals surface area contributed by atoms with E-state index in [1.807, 2.05) is 0 Å². The molecule has 1 aromatic rings. The van der Waals surface area contributed by atoms with Gasteiger partial charge in [-0.05, 0) is 17.5 Å². The van der Waals surface area contributed by atoms with Gasteiger partial charge in [-0.1, -0.05) is 12.0 Å². The van der Waals surface area contributed by atoms with Crippen molar-refractivity contribution < 1.29 is 31.9 Å². The van der Waals surface area contributed by atoms with Gasteiger partial charge in [0.25, 0.3) is 6.43 Å². The van der Waals surface area contributed by atoms with E-state index in [1.54, 1.807) is 0 Å². The fourth-order valence-electron chi connectivity index (χ4n) is 1.74. The number of halogens is 5. The van der Waals surface area contributed by atoms with Crippen LogP contribution in [0.15, 0.2) is 5.11 Å². The first-order valence-corrected chi connectivity index (χ1v) is 5.35. The van der Waals surface area contributed by atoms with E-state index in [4.69, 9.17) is 10.6 Å². The molecule has 0 bridgehead atoms. The third-order valence-electron chi connectivity index (χ3n) is 2.49. The third kappa shape index (κ3) is 3.19. The lowest BCUT2D eigenvalue weighted by Crippen LogP contribution is -2.17. The highest BCUT2D eigenvalue weighted by Gasteiger charge is 2.39. The molecule has 1 aromatic heterocycles. The molecule has 0 aliphatic rings. The summed E-state index contributed by atoms with van der Waals surface area (Å²) in [6.45, 7) is 1.24. The molecule has 0 saturated carbocycles. The molecule has 0 aromatic carbocycles. The second-order valence-electron chi connectivity index (χ2n) is 3.69. The molecule has 114 valence electrons. The normalized spacial score (nSPS) is 11.4. The minimum atomic E-state index is -5.17. The number of carboxylic acid groups (broad SMARTS) is 1. The maximum Gasteiger partial charge on any atom is 0.433 e. The molecule has 6 nitrogen and oxygen atoms in total. The van der Waals surface area contributed by atoms with Crippen molar-refractivity contribution in [3.8, 4) is 0 Å². The molecule has 0 unspecified atom stereocenters. The second kappa shape index (κ2) is 5.92. The summed E-state index contributed by atoms with van der Waals surface area (Å²) < 4.78 is 64.1. The van der Waals surface area contributed by atoms with Gasteiger partial charge >= 0.3 is 12.1 Å². The Labute approximate surface area is 113 Å². The van der Waals surface area contributed by atoms with Gasteiger partial charge in [0.15, 0.2) is 5.69 Å². The molecular formula is C10H7F5N4O2. The summed E-state index contributed by atoms with van der Waals surface area (Å²) in [5, 5.41) is 11.7. The number of alkyl halides is 5. The van der Waals surface area contributed by atoms with Crippen LogP contribution < -0.4 is 0 Å². The topological polar surface area (TPSA) is 99.0 Å². The fraction of sp³-hybridized carbons (Fsp3) is 0.400. The molecule has 11 heteroatoms. The van der Waals surface area contributed by atoms with Gasteiger partial charge in [0.2, 0.25) is 0 Å². The number of hydrogen-bond acceptors (Lipinski definition) is 3. The number of carbonyl (C=O) groups is 1. The largest absolute Gasteiger partial charge is 0.478 e. The van der Waals surface area contributed by atoms with Crippen molar-refractivity contribution in [2.24, 2.45) is 5.11 Å². The van der Waals surface area contributed by atoms with Crippen molar-refractivity contribution in [3.63, 3.8) is 0 Å². The zero-order valence-corrected chi connectivity index (χ0v) is 10.3. The average Bonchev–Trinajstić information content (AvgIpc) is 2.36. The molecule has 1 heterocycles. The Bertz CT molecular complexity index is 623. The van der Waals surface area contributed by atoms with Crippen molar-refractivity contribution in [2.75, 3.05) is 0 Å². The van der Waals surface area contributed by atoms with E-state index in [2.05, 4.69) is 15.0 Å². The van der Waals surface area contributed by atoms with Gasteiger partial charge in [-0.15, -0.1) is 0 Å². The summed E-state index contributed by atoms with van der Waals surface area (Å²) in [6.07, 6.45) is -9.06. The van der Waals surface area contributed by atoms with Crippen molar-refractivity contribution in [1.29, 1.82) is 0 Å². The van der Waals surface area contributed by atoms with E-state index in [1.165, 1.54) is 6.92 Å². The second-order valence-corrected chi connectivity index (χ2v) is 3.69. The highest BCUT2D eigenvalue weighted by Crippen LogP contribution is 2.41. The van der Waals surface area contributed by atoms with Crippen LogP contribution in [0.4, 0.5) is 27.6 Å². The van der Waals surface area contributed by atoms with Crippen molar-refractivity contribution in [2.45, 2.75) is 25.9 Å². The zero-order chi connectivity index (χ0) is 16.4. The van der Waals surface area contributed by atoms with E-state index < -0.39 is 46.8 Å². The number of aromatic nitrogens is 1. The van der Waals surface area contributed by atoms with E-state index in [0.29, 0.717) is 0 Å². The Hall–Kier alpha value is -2.42. The number of pyridine rings is 1. The number of rotatable bonds is 4. The quantitative estimate of drug-likeness (QED) is 0.389. The Kier molecular flexibility index (Phi) is 4.69. The molecule has 0 amide bonds. The van der Waals surface area contributed by atoms with Gasteiger partial charge < -0.3 is 5.11 Å². The maximum absolute atomic E-state index is 12.8. The van der Waals surface area contributed by atoms with Gasteiger partial charge in [-0.25, -0.2) is 18.6 Å². The van der Waals surface area contributed by atoms with Crippen LogP contribution in [0, 0.1) is 0 Å². The molecule has 0 saturated heterocycles. The monoisotopic (exact) mass is 310 g/mol. The summed E-state index contributed by atoms with van der Waals surface area (Å²) in [5.41, 5.74) is 2.14. The zero-order valence-electron chi connectivity index (χ0n) is 10.3. The minimum Gasteiger partial charge on any atom is -0.478 e. The van der Waals surface area contributed by atoms with Crippen LogP contribution in [-0.2, 0) is 12.6 Å².